The summed E-state index contributed by atoms with van der Waals surface area (Å²) in [7, 11) is 1.70. The van der Waals surface area contributed by atoms with Crippen LogP contribution in [-0.2, 0) is 26.8 Å². The zero-order valence-corrected chi connectivity index (χ0v) is 29.0. The van der Waals surface area contributed by atoms with Gasteiger partial charge < -0.3 is 25.7 Å². The molecule has 1 aliphatic carbocycles. The fourth-order valence-corrected chi connectivity index (χ4v) is 7.39. The summed E-state index contributed by atoms with van der Waals surface area (Å²) >= 11 is 6.73. The minimum Gasteiger partial charge on any atom is -0.380 e. The summed E-state index contributed by atoms with van der Waals surface area (Å²) < 4.78 is 33.1. The number of carbonyl (C=O) groups is 3. The van der Waals surface area contributed by atoms with Gasteiger partial charge in [-0.3, -0.25) is 19.1 Å². The summed E-state index contributed by atoms with van der Waals surface area (Å²) in [4.78, 5) is 49.1. The SMILES string of the molecule is CC(C)[C@@H](c1ccccc1Cl)[C@H](NC(=O)c1ccnn1C)c1nc2ccc(C3(C(=O)N[C@@H](C(=O)NCC(F)F)C4CCC4)CCOC3)cc2[nH]1. The number of aryl methyl sites for hydroxylation is 1. The van der Waals surface area contributed by atoms with Crippen LogP contribution >= 0.6 is 11.6 Å². The monoisotopic (exact) mass is 709 g/mol. The Morgan fingerprint density at radius 1 is 1.12 bits per heavy atom. The van der Waals surface area contributed by atoms with E-state index in [1.165, 1.54) is 4.68 Å². The normalized spacial score (nSPS) is 19.7. The molecule has 1 saturated heterocycles. The first-order chi connectivity index (χ1) is 24.0. The summed E-state index contributed by atoms with van der Waals surface area (Å²) in [6.07, 6.45) is 1.59. The lowest BCUT2D eigenvalue weighted by Gasteiger charge is -2.36. The van der Waals surface area contributed by atoms with Gasteiger partial charge >= 0.3 is 0 Å². The number of hydrogen-bond acceptors (Lipinski definition) is 6. The molecule has 4 N–H and O–H groups in total. The molecule has 2 aliphatic rings. The first-order valence-electron chi connectivity index (χ1n) is 17.0. The predicted molar refractivity (Wildman–Crippen MR) is 184 cm³/mol. The Balaban J connectivity index is 1.35. The van der Waals surface area contributed by atoms with Crippen molar-refractivity contribution in [2.75, 3.05) is 19.8 Å². The Kier molecular flexibility index (Phi) is 10.5. The highest BCUT2D eigenvalue weighted by atomic mass is 35.5. The number of ether oxygens (including phenoxy) is 1. The maximum atomic E-state index is 14.1. The number of nitrogens with zero attached hydrogens (tertiary/aromatic N) is 3. The van der Waals surface area contributed by atoms with E-state index in [1.54, 1.807) is 19.3 Å². The van der Waals surface area contributed by atoms with Gasteiger partial charge in [0.1, 0.15) is 17.6 Å². The second kappa shape index (κ2) is 14.9. The molecule has 266 valence electrons. The van der Waals surface area contributed by atoms with Gasteiger partial charge in [-0.25, -0.2) is 13.8 Å². The van der Waals surface area contributed by atoms with Crippen LogP contribution in [0.1, 0.15) is 78.9 Å². The Labute approximate surface area is 293 Å². The van der Waals surface area contributed by atoms with Gasteiger partial charge in [0.05, 0.1) is 35.6 Å². The van der Waals surface area contributed by atoms with Crippen molar-refractivity contribution in [3.05, 3.63) is 82.4 Å². The van der Waals surface area contributed by atoms with E-state index in [0.717, 1.165) is 24.8 Å². The topological polar surface area (TPSA) is 143 Å². The van der Waals surface area contributed by atoms with Gasteiger partial charge in [0.25, 0.3) is 12.3 Å². The summed E-state index contributed by atoms with van der Waals surface area (Å²) in [6.45, 7) is 3.77. The lowest BCUT2D eigenvalue weighted by molar-refractivity contribution is -0.134. The molecule has 1 aliphatic heterocycles. The molecule has 0 radical (unpaired) electrons. The van der Waals surface area contributed by atoms with E-state index in [-0.39, 0.29) is 30.3 Å². The molecule has 4 aromatic rings. The average Bonchev–Trinajstić information content (AvgIpc) is 3.82. The molecular formula is C36H42ClF2N7O4. The number of amides is 3. The molecule has 50 heavy (non-hydrogen) atoms. The van der Waals surface area contributed by atoms with Crippen molar-refractivity contribution >= 4 is 40.4 Å². The van der Waals surface area contributed by atoms with E-state index < -0.39 is 42.3 Å². The van der Waals surface area contributed by atoms with E-state index in [0.29, 0.717) is 46.2 Å². The summed E-state index contributed by atoms with van der Waals surface area (Å²) in [6, 6.07) is 13.1. The molecule has 2 aromatic carbocycles. The van der Waals surface area contributed by atoms with Crippen molar-refractivity contribution in [1.29, 1.82) is 0 Å². The zero-order chi connectivity index (χ0) is 35.6. The third-order valence-corrected chi connectivity index (χ3v) is 10.5. The van der Waals surface area contributed by atoms with Gasteiger partial charge in [-0.15, -0.1) is 0 Å². The third-order valence-electron chi connectivity index (χ3n) is 10.1. The highest BCUT2D eigenvalue weighted by Gasteiger charge is 2.47. The fraction of sp³-hybridized carbons (Fsp3) is 0.472. The van der Waals surface area contributed by atoms with E-state index >= 15 is 0 Å². The maximum Gasteiger partial charge on any atom is 0.270 e. The molecule has 14 heteroatoms. The molecule has 0 bridgehead atoms. The van der Waals surface area contributed by atoms with Gasteiger partial charge in [0.15, 0.2) is 0 Å². The Bertz CT molecular complexity index is 1850. The number of alkyl halides is 2. The van der Waals surface area contributed by atoms with Crippen LogP contribution in [0.5, 0.6) is 0 Å². The van der Waals surface area contributed by atoms with Crippen LogP contribution < -0.4 is 16.0 Å². The van der Waals surface area contributed by atoms with Crippen molar-refractivity contribution in [2.24, 2.45) is 18.9 Å². The minimum atomic E-state index is -2.69. The second-order valence-electron chi connectivity index (χ2n) is 13.6. The third kappa shape index (κ3) is 7.11. The summed E-state index contributed by atoms with van der Waals surface area (Å²) in [5.74, 6) is -1.19. The molecule has 2 fully saturated rings. The van der Waals surface area contributed by atoms with Crippen LogP contribution in [0.2, 0.25) is 5.02 Å². The highest BCUT2D eigenvalue weighted by molar-refractivity contribution is 6.31. The van der Waals surface area contributed by atoms with Crippen LogP contribution in [0.3, 0.4) is 0 Å². The number of nitrogens with one attached hydrogen (secondary N) is 4. The highest BCUT2D eigenvalue weighted by Crippen LogP contribution is 2.41. The Hall–Kier alpha value is -4.36. The molecule has 2 aromatic heterocycles. The number of rotatable bonds is 13. The number of benzene rings is 2. The zero-order valence-electron chi connectivity index (χ0n) is 28.2. The number of aromatic amines is 1. The number of halogens is 3. The van der Waals surface area contributed by atoms with Crippen LogP contribution in [0.25, 0.3) is 11.0 Å². The smallest absolute Gasteiger partial charge is 0.270 e. The quantitative estimate of drug-likeness (QED) is 0.151. The molecule has 4 atom stereocenters. The first-order valence-corrected chi connectivity index (χ1v) is 17.3. The van der Waals surface area contributed by atoms with Crippen LogP contribution in [0.4, 0.5) is 8.78 Å². The lowest BCUT2D eigenvalue weighted by Crippen LogP contribution is -2.57. The average molecular weight is 710 g/mol. The number of aromatic nitrogens is 4. The molecule has 1 saturated carbocycles. The Morgan fingerprint density at radius 3 is 2.52 bits per heavy atom. The van der Waals surface area contributed by atoms with Gasteiger partial charge in [-0.1, -0.05) is 56.1 Å². The fourth-order valence-electron chi connectivity index (χ4n) is 7.12. The molecule has 3 amide bonds. The number of carbonyl (C=O) groups excluding carboxylic acids is 3. The van der Waals surface area contributed by atoms with Crippen LogP contribution in [-0.4, -0.2) is 69.7 Å². The largest absolute Gasteiger partial charge is 0.380 e. The van der Waals surface area contributed by atoms with Crippen molar-refractivity contribution in [1.82, 2.24) is 35.7 Å². The van der Waals surface area contributed by atoms with Gasteiger partial charge in [-0.2, -0.15) is 5.10 Å². The molecule has 0 spiro atoms. The second-order valence-corrected chi connectivity index (χ2v) is 14.0. The van der Waals surface area contributed by atoms with E-state index in [2.05, 4.69) is 39.9 Å². The molecule has 1 unspecified atom stereocenters. The number of imidazole rings is 1. The summed E-state index contributed by atoms with van der Waals surface area (Å²) in [5.41, 5.74) is 2.06. The summed E-state index contributed by atoms with van der Waals surface area (Å²) in [5, 5.41) is 13.1. The van der Waals surface area contributed by atoms with Crippen molar-refractivity contribution in [3.63, 3.8) is 0 Å². The number of hydrogen-bond donors (Lipinski definition) is 4. The minimum absolute atomic E-state index is 0.0274. The standard InChI is InChI=1S/C36H42ClF2N7O4/c1-20(2)29(23-9-4-5-10-24(23)37)31(44-33(47)27-13-15-41-46(27)3)32-42-25-12-11-22(17-26(25)43-32)36(14-16-50-19-36)35(49)45-30(21-7-6-8-21)34(48)40-18-28(38)39/h4-5,9-13,15,17,20-21,28-31H,6-8,14,16,18-19H2,1-3H3,(H,40,48)(H,42,43)(H,44,47)(H,45,49)/t29-,30+,31-,36?/m0/s1. The van der Waals surface area contributed by atoms with Gasteiger partial charge in [0, 0.05) is 30.8 Å². The molecular weight excluding hydrogens is 668 g/mol. The van der Waals surface area contributed by atoms with Crippen LogP contribution in [0, 0.1) is 11.8 Å². The van der Waals surface area contributed by atoms with Crippen molar-refractivity contribution < 1.29 is 27.9 Å². The van der Waals surface area contributed by atoms with Gasteiger partial charge in [0.2, 0.25) is 11.8 Å². The van der Waals surface area contributed by atoms with E-state index in [4.69, 9.17) is 21.3 Å². The predicted octanol–water partition coefficient (Wildman–Crippen LogP) is 5.19. The van der Waals surface area contributed by atoms with Gasteiger partial charge in [-0.05, 0) is 66.5 Å². The molecule has 6 rings (SSSR count). The van der Waals surface area contributed by atoms with Crippen molar-refractivity contribution in [2.45, 2.75) is 69.4 Å². The number of H-pyrrole nitrogens is 1. The van der Waals surface area contributed by atoms with E-state index in [9.17, 15) is 23.2 Å². The molecule has 3 heterocycles. The molecule has 11 nitrogen and oxygen atoms in total. The first kappa shape index (κ1) is 35.5. The lowest BCUT2D eigenvalue weighted by atomic mass is 9.76. The van der Waals surface area contributed by atoms with E-state index in [1.807, 2.05) is 42.5 Å². The maximum absolute atomic E-state index is 14.1. The Morgan fingerprint density at radius 2 is 1.90 bits per heavy atom. The van der Waals surface area contributed by atoms with Crippen LogP contribution in [0.15, 0.2) is 54.7 Å². The number of fused-ring (bicyclic) bond motifs is 1. The van der Waals surface area contributed by atoms with Crippen molar-refractivity contribution in [3.8, 4) is 0 Å².